The summed E-state index contributed by atoms with van der Waals surface area (Å²) in [4.78, 5) is 13.2. The predicted octanol–water partition coefficient (Wildman–Crippen LogP) is 0.528. The molecule has 2 N–H and O–H groups in total. The molecule has 7 nitrogen and oxygen atoms in total. The molecule has 0 saturated carbocycles. The number of nitrogens with zero attached hydrogens (tertiary/aromatic N) is 3. The summed E-state index contributed by atoms with van der Waals surface area (Å²) in [5.41, 5.74) is 0. The molecule has 0 saturated heterocycles. The van der Waals surface area contributed by atoms with Crippen LogP contribution in [0.3, 0.4) is 0 Å². The predicted molar refractivity (Wildman–Crippen MR) is 72.8 cm³/mol. The van der Waals surface area contributed by atoms with Crippen LogP contribution in [0.1, 0.15) is 33.6 Å². The Hall–Kier alpha value is -1.63. The van der Waals surface area contributed by atoms with Gasteiger partial charge in [-0.1, -0.05) is 18.9 Å². The molecule has 1 amide bonds. The van der Waals surface area contributed by atoms with E-state index in [4.69, 9.17) is 4.42 Å². The first kappa shape index (κ1) is 15.4. The lowest BCUT2D eigenvalue weighted by molar-refractivity contribution is -0.120. The van der Waals surface area contributed by atoms with E-state index in [2.05, 4.69) is 20.8 Å². The number of rotatable bonds is 7. The molecule has 0 unspecified atom stereocenters. The van der Waals surface area contributed by atoms with E-state index < -0.39 is 0 Å². The first-order valence-corrected chi connectivity index (χ1v) is 6.44. The van der Waals surface area contributed by atoms with E-state index in [9.17, 15) is 4.79 Å². The second-order valence-electron chi connectivity index (χ2n) is 5.09. The molecule has 0 aliphatic rings. The van der Waals surface area contributed by atoms with Crippen LogP contribution in [0.2, 0.25) is 0 Å². The Labute approximate surface area is 113 Å². The van der Waals surface area contributed by atoms with E-state index >= 15 is 0 Å². The summed E-state index contributed by atoms with van der Waals surface area (Å²) in [5.74, 6) is 0.442. The number of anilines is 1. The average molecular weight is 269 g/mol. The van der Waals surface area contributed by atoms with E-state index in [-0.39, 0.29) is 18.5 Å². The number of carbonyl (C=O) groups is 1. The number of hydrogen-bond acceptors (Lipinski definition) is 6. The SMILES string of the molecule is CC(C)NCc1nnc(N(C)CC(=O)NC(C)C)o1. The Bertz CT molecular complexity index is 403. The number of carbonyl (C=O) groups excluding carboxylic acids is 1. The zero-order valence-electron chi connectivity index (χ0n) is 12.2. The molecule has 0 bridgehead atoms. The van der Waals surface area contributed by atoms with E-state index in [1.165, 1.54) is 0 Å². The lowest BCUT2D eigenvalue weighted by atomic mass is 10.4. The van der Waals surface area contributed by atoms with Crippen molar-refractivity contribution in [2.45, 2.75) is 46.3 Å². The summed E-state index contributed by atoms with van der Waals surface area (Å²) in [7, 11) is 1.74. The Morgan fingerprint density at radius 2 is 1.95 bits per heavy atom. The molecule has 0 fully saturated rings. The minimum Gasteiger partial charge on any atom is -0.407 e. The molecule has 1 aromatic heterocycles. The molecule has 108 valence electrons. The fraction of sp³-hybridized carbons (Fsp3) is 0.750. The third-order valence-electron chi connectivity index (χ3n) is 2.27. The first-order valence-electron chi connectivity index (χ1n) is 6.44. The van der Waals surface area contributed by atoms with Crippen LogP contribution in [0, 0.1) is 0 Å². The van der Waals surface area contributed by atoms with Crippen molar-refractivity contribution in [3.05, 3.63) is 5.89 Å². The summed E-state index contributed by atoms with van der Waals surface area (Å²) >= 11 is 0. The van der Waals surface area contributed by atoms with E-state index in [1.807, 2.05) is 27.7 Å². The van der Waals surface area contributed by atoms with Gasteiger partial charge in [0.1, 0.15) is 6.54 Å². The highest BCUT2D eigenvalue weighted by Gasteiger charge is 2.14. The first-order chi connectivity index (χ1) is 8.88. The van der Waals surface area contributed by atoms with Crippen LogP contribution in [-0.4, -0.2) is 41.8 Å². The largest absolute Gasteiger partial charge is 0.407 e. The zero-order valence-corrected chi connectivity index (χ0v) is 12.2. The zero-order chi connectivity index (χ0) is 14.4. The monoisotopic (exact) mass is 269 g/mol. The van der Waals surface area contributed by atoms with Gasteiger partial charge in [-0.3, -0.25) is 4.79 Å². The average Bonchev–Trinajstić information content (AvgIpc) is 2.73. The third kappa shape index (κ3) is 5.69. The van der Waals surface area contributed by atoms with Crippen molar-refractivity contribution in [1.82, 2.24) is 20.8 Å². The second kappa shape index (κ2) is 7.08. The van der Waals surface area contributed by atoms with Crippen LogP contribution < -0.4 is 15.5 Å². The summed E-state index contributed by atoms with van der Waals surface area (Å²) < 4.78 is 5.46. The highest BCUT2D eigenvalue weighted by Crippen LogP contribution is 2.09. The molecule has 0 radical (unpaired) electrons. The third-order valence-corrected chi connectivity index (χ3v) is 2.27. The van der Waals surface area contributed by atoms with Crippen molar-refractivity contribution in [3.8, 4) is 0 Å². The fourth-order valence-corrected chi connectivity index (χ4v) is 1.41. The molecule has 19 heavy (non-hydrogen) atoms. The number of amides is 1. The van der Waals surface area contributed by atoms with Crippen LogP contribution in [0.15, 0.2) is 4.42 Å². The lowest BCUT2D eigenvalue weighted by Crippen LogP contribution is -2.38. The van der Waals surface area contributed by atoms with Gasteiger partial charge in [-0.2, -0.15) is 0 Å². The van der Waals surface area contributed by atoms with Gasteiger partial charge in [-0.15, -0.1) is 5.10 Å². The Balaban J connectivity index is 2.48. The Morgan fingerprint density at radius 1 is 1.26 bits per heavy atom. The van der Waals surface area contributed by atoms with Crippen LogP contribution in [-0.2, 0) is 11.3 Å². The normalized spacial score (nSPS) is 11.1. The highest BCUT2D eigenvalue weighted by atomic mass is 16.4. The summed E-state index contributed by atoms with van der Waals surface area (Å²) in [6.45, 7) is 8.63. The fourth-order valence-electron chi connectivity index (χ4n) is 1.41. The number of aromatic nitrogens is 2. The lowest BCUT2D eigenvalue weighted by Gasteiger charge is -2.15. The van der Waals surface area contributed by atoms with Crippen LogP contribution >= 0.6 is 0 Å². The van der Waals surface area contributed by atoms with Crippen LogP contribution in [0.5, 0.6) is 0 Å². The van der Waals surface area contributed by atoms with Crippen molar-refractivity contribution in [1.29, 1.82) is 0 Å². The number of likely N-dealkylation sites (N-methyl/N-ethyl adjacent to an activating group) is 1. The molecule has 0 aliphatic carbocycles. The van der Waals surface area contributed by atoms with Gasteiger partial charge in [0, 0.05) is 19.1 Å². The van der Waals surface area contributed by atoms with E-state index in [1.54, 1.807) is 11.9 Å². The molecule has 0 atom stereocenters. The minimum absolute atomic E-state index is 0.0717. The molecule has 7 heteroatoms. The maximum atomic E-state index is 11.6. The van der Waals surface area contributed by atoms with Gasteiger partial charge in [-0.25, -0.2) is 0 Å². The van der Waals surface area contributed by atoms with E-state index in [0.717, 1.165) is 0 Å². The topological polar surface area (TPSA) is 83.3 Å². The smallest absolute Gasteiger partial charge is 0.318 e. The number of hydrogen-bond donors (Lipinski definition) is 2. The summed E-state index contributed by atoms with van der Waals surface area (Å²) in [6, 6.07) is 0.818. The van der Waals surface area contributed by atoms with Crippen LogP contribution in [0.4, 0.5) is 6.01 Å². The molecule has 1 rings (SSSR count). The van der Waals surface area contributed by atoms with Crippen molar-refractivity contribution in [3.63, 3.8) is 0 Å². The van der Waals surface area contributed by atoms with E-state index in [0.29, 0.717) is 24.5 Å². The van der Waals surface area contributed by atoms with Gasteiger partial charge >= 0.3 is 6.01 Å². The number of nitrogens with one attached hydrogen (secondary N) is 2. The maximum Gasteiger partial charge on any atom is 0.318 e. The molecule has 1 aromatic rings. The molecule has 0 aliphatic heterocycles. The van der Waals surface area contributed by atoms with Crippen molar-refractivity contribution < 1.29 is 9.21 Å². The molecule has 0 aromatic carbocycles. The van der Waals surface area contributed by atoms with Gasteiger partial charge in [0.15, 0.2) is 0 Å². The van der Waals surface area contributed by atoms with Gasteiger partial charge in [0.25, 0.3) is 0 Å². The van der Waals surface area contributed by atoms with Gasteiger partial charge < -0.3 is 20.0 Å². The van der Waals surface area contributed by atoms with Gasteiger partial charge in [0.05, 0.1) is 6.54 Å². The van der Waals surface area contributed by atoms with Gasteiger partial charge in [-0.05, 0) is 13.8 Å². The second-order valence-corrected chi connectivity index (χ2v) is 5.09. The van der Waals surface area contributed by atoms with Crippen molar-refractivity contribution in [2.75, 3.05) is 18.5 Å². The molecule has 0 spiro atoms. The summed E-state index contributed by atoms with van der Waals surface area (Å²) in [6.07, 6.45) is 0. The van der Waals surface area contributed by atoms with Gasteiger partial charge in [0.2, 0.25) is 11.8 Å². The minimum atomic E-state index is -0.0717. The van der Waals surface area contributed by atoms with Crippen molar-refractivity contribution in [2.24, 2.45) is 0 Å². The Kier molecular flexibility index (Phi) is 5.75. The molecular weight excluding hydrogens is 246 g/mol. The quantitative estimate of drug-likeness (QED) is 0.751. The van der Waals surface area contributed by atoms with Crippen molar-refractivity contribution >= 4 is 11.9 Å². The standard InChI is InChI=1S/C12H23N5O2/c1-8(2)13-6-11-15-16-12(19-11)17(5)7-10(18)14-9(3)4/h8-9,13H,6-7H2,1-5H3,(H,14,18). The van der Waals surface area contributed by atoms with Crippen LogP contribution in [0.25, 0.3) is 0 Å². The highest BCUT2D eigenvalue weighted by molar-refractivity contribution is 5.80. The molecule has 1 heterocycles. The maximum absolute atomic E-state index is 11.6. The molecular formula is C12H23N5O2. The Morgan fingerprint density at radius 3 is 2.53 bits per heavy atom. The summed E-state index contributed by atoms with van der Waals surface area (Å²) in [5, 5.41) is 13.8.